The maximum Gasteiger partial charge on any atom is 0.250 e. The zero-order chi connectivity index (χ0) is 18.2. The van der Waals surface area contributed by atoms with Gasteiger partial charge in [-0.1, -0.05) is 54.6 Å². The molecule has 0 aliphatic rings. The Morgan fingerprint density at radius 2 is 1.85 bits per heavy atom. The van der Waals surface area contributed by atoms with E-state index in [-0.39, 0.29) is 5.91 Å². The van der Waals surface area contributed by atoms with Gasteiger partial charge in [0, 0.05) is 11.3 Å². The highest BCUT2D eigenvalue weighted by atomic mass is 32.2. The van der Waals surface area contributed by atoms with Crippen molar-refractivity contribution in [2.24, 2.45) is 5.10 Å². The predicted molar refractivity (Wildman–Crippen MR) is 109 cm³/mol. The van der Waals surface area contributed by atoms with Gasteiger partial charge in [0.15, 0.2) is 0 Å². The molecule has 1 N–H and O–H groups in total. The summed E-state index contributed by atoms with van der Waals surface area (Å²) in [6.07, 6.45) is 1.69. The molecule has 5 heteroatoms. The molecule has 0 aliphatic heterocycles. The highest BCUT2D eigenvalue weighted by Gasteiger charge is 2.02. The van der Waals surface area contributed by atoms with Crippen molar-refractivity contribution >= 4 is 34.7 Å². The summed E-state index contributed by atoms with van der Waals surface area (Å²) in [7, 11) is 1.65. The van der Waals surface area contributed by atoms with Crippen LogP contribution in [0.4, 0.5) is 0 Å². The third-order valence-corrected chi connectivity index (χ3v) is 4.88. The number of carbonyl (C=O) groups is 1. The van der Waals surface area contributed by atoms with Crippen molar-refractivity contribution in [3.63, 3.8) is 0 Å². The highest BCUT2D eigenvalue weighted by Crippen LogP contribution is 2.17. The number of thioether (sulfide) groups is 1. The van der Waals surface area contributed by atoms with Gasteiger partial charge in [-0.15, -0.1) is 11.8 Å². The van der Waals surface area contributed by atoms with Crippen LogP contribution in [0.1, 0.15) is 11.1 Å². The molecule has 0 bridgehead atoms. The number of rotatable bonds is 7. The molecule has 0 saturated heterocycles. The van der Waals surface area contributed by atoms with Crippen LogP contribution >= 0.6 is 11.8 Å². The number of nitrogens with one attached hydrogen (secondary N) is 1. The van der Waals surface area contributed by atoms with Crippen LogP contribution in [-0.2, 0) is 10.5 Å². The second-order valence-electron chi connectivity index (χ2n) is 5.70. The number of benzene rings is 3. The van der Waals surface area contributed by atoms with E-state index < -0.39 is 0 Å². The van der Waals surface area contributed by atoms with Crippen LogP contribution in [0.5, 0.6) is 5.75 Å². The lowest BCUT2D eigenvalue weighted by Gasteiger charge is -2.04. The van der Waals surface area contributed by atoms with Gasteiger partial charge in [-0.05, 0) is 28.5 Å². The lowest BCUT2D eigenvalue weighted by Crippen LogP contribution is -2.19. The molecule has 26 heavy (non-hydrogen) atoms. The minimum absolute atomic E-state index is 0.111. The van der Waals surface area contributed by atoms with Gasteiger partial charge in [-0.3, -0.25) is 4.79 Å². The Labute approximate surface area is 157 Å². The Morgan fingerprint density at radius 1 is 1.08 bits per heavy atom. The summed E-state index contributed by atoms with van der Waals surface area (Å²) in [5.41, 5.74) is 4.73. The van der Waals surface area contributed by atoms with E-state index in [2.05, 4.69) is 22.7 Å². The Bertz CT molecular complexity index is 902. The smallest absolute Gasteiger partial charge is 0.250 e. The molecule has 3 aromatic carbocycles. The van der Waals surface area contributed by atoms with Gasteiger partial charge >= 0.3 is 0 Å². The molecule has 1 amide bonds. The van der Waals surface area contributed by atoms with Crippen LogP contribution < -0.4 is 10.2 Å². The number of ether oxygens (including phenoxy) is 1. The summed E-state index contributed by atoms with van der Waals surface area (Å²) in [5.74, 6) is 1.85. The average molecular weight is 364 g/mol. The van der Waals surface area contributed by atoms with E-state index in [0.717, 1.165) is 33.4 Å². The van der Waals surface area contributed by atoms with E-state index in [1.54, 1.807) is 25.1 Å². The first-order chi connectivity index (χ1) is 12.8. The number of amides is 1. The molecule has 0 saturated carbocycles. The number of nitrogens with zero attached hydrogens (tertiary/aromatic N) is 1. The molecule has 0 aromatic heterocycles. The number of methoxy groups -OCH3 is 1. The number of hydrazone groups is 1. The van der Waals surface area contributed by atoms with Crippen molar-refractivity contribution in [3.05, 3.63) is 77.9 Å². The molecule has 0 aliphatic carbocycles. The van der Waals surface area contributed by atoms with Crippen LogP contribution in [-0.4, -0.2) is 25.0 Å². The molecule has 0 atom stereocenters. The van der Waals surface area contributed by atoms with E-state index in [0.29, 0.717) is 5.75 Å². The van der Waals surface area contributed by atoms with Crippen LogP contribution in [0.25, 0.3) is 10.8 Å². The largest absolute Gasteiger partial charge is 0.497 e. The Morgan fingerprint density at radius 3 is 2.65 bits per heavy atom. The third kappa shape index (κ3) is 4.86. The molecular formula is C21H20N2O2S. The fourth-order valence-corrected chi connectivity index (χ4v) is 3.33. The monoisotopic (exact) mass is 364 g/mol. The molecule has 3 aromatic rings. The van der Waals surface area contributed by atoms with E-state index in [9.17, 15) is 4.79 Å². The first-order valence-corrected chi connectivity index (χ1v) is 9.42. The van der Waals surface area contributed by atoms with Gasteiger partial charge in [-0.2, -0.15) is 5.10 Å². The summed E-state index contributed by atoms with van der Waals surface area (Å²) in [6.45, 7) is 0. The maximum atomic E-state index is 11.9. The highest BCUT2D eigenvalue weighted by molar-refractivity contribution is 7.99. The number of fused-ring (bicyclic) bond motifs is 1. The summed E-state index contributed by atoms with van der Waals surface area (Å²) in [4.78, 5) is 11.9. The fraction of sp³-hybridized carbons (Fsp3) is 0.143. The zero-order valence-electron chi connectivity index (χ0n) is 14.5. The van der Waals surface area contributed by atoms with Crippen LogP contribution in [0.3, 0.4) is 0 Å². The molecule has 0 radical (unpaired) electrons. The summed E-state index contributed by atoms with van der Waals surface area (Å²) < 4.78 is 5.13. The average Bonchev–Trinajstić information content (AvgIpc) is 2.69. The van der Waals surface area contributed by atoms with Crippen molar-refractivity contribution in [1.82, 2.24) is 5.43 Å². The summed E-state index contributed by atoms with van der Waals surface area (Å²) in [5, 5.41) is 6.35. The van der Waals surface area contributed by atoms with Crippen molar-refractivity contribution in [1.29, 1.82) is 0 Å². The minimum atomic E-state index is -0.111. The molecule has 0 spiro atoms. The first kappa shape index (κ1) is 18.0. The van der Waals surface area contributed by atoms with E-state index in [1.165, 1.54) is 0 Å². The van der Waals surface area contributed by atoms with Gasteiger partial charge in [0.05, 0.1) is 19.1 Å². The Balaban J connectivity index is 1.48. The van der Waals surface area contributed by atoms with Crippen LogP contribution in [0.15, 0.2) is 71.8 Å². The minimum Gasteiger partial charge on any atom is -0.497 e. The standard InChI is InChI=1S/C21H20N2O2S/c1-25-19-11-9-16(10-12-19)14-26-15-21(24)23-22-13-18-7-4-6-17-5-2-3-8-20(17)18/h2-13H,14-15H2,1H3,(H,23,24)/b22-13-. The van der Waals surface area contributed by atoms with Crippen LogP contribution in [0.2, 0.25) is 0 Å². The van der Waals surface area contributed by atoms with E-state index in [1.807, 2.05) is 54.6 Å². The second-order valence-corrected chi connectivity index (χ2v) is 6.69. The number of hydrogen-bond donors (Lipinski definition) is 1. The number of carbonyl (C=O) groups excluding carboxylic acids is 1. The topological polar surface area (TPSA) is 50.7 Å². The number of hydrogen-bond acceptors (Lipinski definition) is 4. The van der Waals surface area contributed by atoms with Crippen molar-refractivity contribution in [2.45, 2.75) is 5.75 Å². The van der Waals surface area contributed by atoms with Gasteiger partial charge in [0.2, 0.25) is 5.91 Å². The van der Waals surface area contributed by atoms with Crippen LogP contribution in [0, 0.1) is 0 Å². The molecule has 132 valence electrons. The van der Waals surface area contributed by atoms with Gasteiger partial charge in [0.1, 0.15) is 5.75 Å². The van der Waals surface area contributed by atoms with Gasteiger partial charge < -0.3 is 4.74 Å². The molecule has 0 unspecified atom stereocenters. The fourth-order valence-electron chi connectivity index (χ4n) is 2.55. The molecule has 0 heterocycles. The molecule has 3 rings (SSSR count). The van der Waals surface area contributed by atoms with E-state index >= 15 is 0 Å². The van der Waals surface area contributed by atoms with Crippen molar-refractivity contribution < 1.29 is 9.53 Å². The lowest BCUT2D eigenvalue weighted by atomic mass is 10.1. The van der Waals surface area contributed by atoms with Gasteiger partial charge in [0.25, 0.3) is 0 Å². The first-order valence-electron chi connectivity index (χ1n) is 8.26. The van der Waals surface area contributed by atoms with Crippen molar-refractivity contribution in [2.75, 3.05) is 12.9 Å². The zero-order valence-corrected chi connectivity index (χ0v) is 15.3. The molecule has 4 nitrogen and oxygen atoms in total. The van der Waals surface area contributed by atoms with Gasteiger partial charge in [-0.25, -0.2) is 5.43 Å². The maximum absolute atomic E-state index is 11.9. The van der Waals surface area contributed by atoms with E-state index in [4.69, 9.17) is 4.74 Å². The lowest BCUT2D eigenvalue weighted by molar-refractivity contribution is -0.118. The SMILES string of the molecule is COc1ccc(CSCC(=O)N/N=C\c2cccc3ccccc23)cc1. The quantitative estimate of drug-likeness (QED) is 0.504. The Hall–Kier alpha value is -2.79. The summed E-state index contributed by atoms with van der Waals surface area (Å²) >= 11 is 1.55. The molecule has 0 fully saturated rings. The molecular weight excluding hydrogens is 344 g/mol. The second kappa shape index (κ2) is 9.06. The van der Waals surface area contributed by atoms with Crippen molar-refractivity contribution in [3.8, 4) is 5.75 Å². The normalized spacial score (nSPS) is 11.0. The predicted octanol–water partition coefficient (Wildman–Crippen LogP) is 4.23. The Kier molecular flexibility index (Phi) is 6.28. The summed E-state index contributed by atoms with van der Waals surface area (Å²) in [6, 6.07) is 22.0. The third-order valence-electron chi connectivity index (χ3n) is 3.88.